The van der Waals surface area contributed by atoms with Gasteiger partial charge in [0.2, 0.25) is 0 Å². The molecular weight excluding hydrogens is 330 g/mol. The number of benzene rings is 1. The number of piperidine rings is 1. The average molecular weight is 352 g/mol. The van der Waals surface area contributed by atoms with Crippen LogP contribution >= 0.6 is 12.4 Å². The fourth-order valence-corrected chi connectivity index (χ4v) is 3.93. The quantitative estimate of drug-likeness (QED) is 0.852. The number of fused-ring (bicyclic) bond motifs is 3. The first-order chi connectivity index (χ1) is 11.1. The summed E-state index contributed by atoms with van der Waals surface area (Å²) in [6, 6.07) is 6.60. The van der Waals surface area contributed by atoms with E-state index in [2.05, 4.69) is 10.6 Å². The number of carbonyl (C=O) groups is 2. The summed E-state index contributed by atoms with van der Waals surface area (Å²) in [5.41, 5.74) is 1.16. The molecular formula is C17H22ClN3O3. The van der Waals surface area contributed by atoms with Crippen LogP contribution < -0.4 is 15.4 Å². The van der Waals surface area contributed by atoms with Gasteiger partial charge in [0.15, 0.2) is 6.61 Å². The molecule has 2 bridgehead atoms. The monoisotopic (exact) mass is 351 g/mol. The van der Waals surface area contributed by atoms with Crippen LogP contribution in [0.2, 0.25) is 0 Å². The lowest BCUT2D eigenvalue weighted by Crippen LogP contribution is -2.48. The zero-order valence-electron chi connectivity index (χ0n) is 13.6. The van der Waals surface area contributed by atoms with E-state index >= 15 is 0 Å². The maximum atomic E-state index is 12.8. The van der Waals surface area contributed by atoms with E-state index in [4.69, 9.17) is 4.74 Å². The van der Waals surface area contributed by atoms with Gasteiger partial charge in [-0.1, -0.05) is 0 Å². The Bertz CT molecular complexity index is 654. The Hall–Kier alpha value is -1.79. The van der Waals surface area contributed by atoms with E-state index in [1.165, 1.54) is 12.8 Å². The summed E-state index contributed by atoms with van der Waals surface area (Å²) in [4.78, 5) is 26.1. The third kappa shape index (κ3) is 3.08. The van der Waals surface area contributed by atoms with Crippen molar-refractivity contribution in [1.29, 1.82) is 0 Å². The minimum absolute atomic E-state index is 0. The lowest BCUT2D eigenvalue weighted by atomic mass is 9.98. The van der Waals surface area contributed by atoms with Crippen molar-refractivity contribution < 1.29 is 14.3 Å². The summed E-state index contributed by atoms with van der Waals surface area (Å²) in [5, 5.41) is 6.35. The van der Waals surface area contributed by atoms with E-state index in [1.807, 2.05) is 11.9 Å². The number of nitrogens with one attached hydrogen (secondary N) is 2. The number of amides is 2. The number of carbonyl (C=O) groups excluding carboxylic acids is 2. The number of ether oxygens (including phenoxy) is 1. The van der Waals surface area contributed by atoms with Crippen molar-refractivity contribution in [2.45, 2.75) is 43.8 Å². The normalized spacial score (nSPS) is 27.4. The SMILES string of the molecule is CN(C(=O)c1ccc2c(c1)NC(=O)CO2)C1CC2CCC(C1)N2.Cl. The molecule has 2 unspecified atom stereocenters. The van der Waals surface area contributed by atoms with Gasteiger partial charge in [0.25, 0.3) is 11.8 Å². The van der Waals surface area contributed by atoms with Crippen molar-refractivity contribution in [3.63, 3.8) is 0 Å². The van der Waals surface area contributed by atoms with Crippen LogP contribution in [0.3, 0.4) is 0 Å². The van der Waals surface area contributed by atoms with Gasteiger partial charge in [-0.15, -0.1) is 12.4 Å². The van der Waals surface area contributed by atoms with Gasteiger partial charge in [-0.3, -0.25) is 9.59 Å². The molecule has 2 amide bonds. The molecule has 0 saturated carbocycles. The molecule has 4 rings (SSSR count). The molecule has 1 aromatic rings. The fourth-order valence-electron chi connectivity index (χ4n) is 3.93. The highest BCUT2D eigenvalue weighted by atomic mass is 35.5. The van der Waals surface area contributed by atoms with E-state index in [-0.39, 0.29) is 36.9 Å². The predicted molar refractivity (Wildman–Crippen MR) is 92.9 cm³/mol. The molecule has 0 aliphatic carbocycles. The summed E-state index contributed by atoms with van der Waals surface area (Å²) in [5.74, 6) is 0.424. The number of hydrogen-bond donors (Lipinski definition) is 2. The predicted octanol–water partition coefficient (Wildman–Crippen LogP) is 1.79. The summed E-state index contributed by atoms with van der Waals surface area (Å²) in [6.07, 6.45) is 4.46. The van der Waals surface area contributed by atoms with Gasteiger partial charge in [0.1, 0.15) is 5.75 Å². The van der Waals surface area contributed by atoms with E-state index < -0.39 is 0 Å². The molecule has 2 saturated heterocycles. The van der Waals surface area contributed by atoms with Crippen molar-refractivity contribution >= 4 is 29.9 Å². The summed E-state index contributed by atoms with van der Waals surface area (Å²) >= 11 is 0. The van der Waals surface area contributed by atoms with Crippen LogP contribution in [0.4, 0.5) is 5.69 Å². The first kappa shape index (κ1) is 17.0. The Morgan fingerprint density at radius 2 is 1.96 bits per heavy atom. The van der Waals surface area contributed by atoms with Gasteiger partial charge in [-0.05, 0) is 43.9 Å². The van der Waals surface area contributed by atoms with Gasteiger partial charge in [0.05, 0.1) is 5.69 Å². The zero-order valence-corrected chi connectivity index (χ0v) is 14.4. The minimum atomic E-state index is -0.189. The van der Waals surface area contributed by atoms with Gasteiger partial charge in [0, 0.05) is 30.7 Å². The van der Waals surface area contributed by atoms with E-state index in [9.17, 15) is 9.59 Å². The third-order valence-corrected chi connectivity index (χ3v) is 5.18. The highest BCUT2D eigenvalue weighted by Crippen LogP contribution is 2.32. The van der Waals surface area contributed by atoms with Crippen LogP contribution in [-0.2, 0) is 4.79 Å². The first-order valence-electron chi connectivity index (χ1n) is 8.20. The molecule has 0 aromatic heterocycles. The number of hydrogen-bond acceptors (Lipinski definition) is 4. The fraction of sp³-hybridized carbons (Fsp3) is 0.529. The summed E-state index contributed by atoms with van der Waals surface area (Å²) in [7, 11) is 1.88. The van der Waals surface area contributed by atoms with Gasteiger partial charge in [-0.2, -0.15) is 0 Å². The van der Waals surface area contributed by atoms with Crippen molar-refractivity contribution in [3.05, 3.63) is 23.8 Å². The second-order valence-corrected chi connectivity index (χ2v) is 6.73. The molecule has 3 aliphatic heterocycles. The van der Waals surface area contributed by atoms with E-state index in [1.54, 1.807) is 18.2 Å². The lowest BCUT2D eigenvalue weighted by molar-refractivity contribution is -0.118. The van der Waals surface area contributed by atoms with Crippen molar-refractivity contribution in [2.75, 3.05) is 19.0 Å². The smallest absolute Gasteiger partial charge is 0.262 e. The molecule has 2 N–H and O–H groups in total. The number of halogens is 1. The molecule has 0 radical (unpaired) electrons. The second kappa shape index (κ2) is 6.61. The van der Waals surface area contributed by atoms with Crippen LogP contribution in [0.15, 0.2) is 18.2 Å². The van der Waals surface area contributed by atoms with Crippen LogP contribution in [0.5, 0.6) is 5.75 Å². The van der Waals surface area contributed by atoms with E-state index in [0.29, 0.717) is 29.1 Å². The Labute approximate surface area is 147 Å². The Balaban J connectivity index is 0.00000169. The number of rotatable bonds is 2. The summed E-state index contributed by atoms with van der Waals surface area (Å²) < 4.78 is 5.34. The van der Waals surface area contributed by atoms with Crippen LogP contribution in [0.25, 0.3) is 0 Å². The molecule has 24 heavy (non-hydrogen) atoms. The Morgan fingerprint density at radius 3 is 2.67 bits per heavy atom. The number of nitrogens with zero attached hydrogens (tertiary/aromatic N) is 1. The lowest BCUT2D eigenvalue weighted by Gasteiger charge is -2.35. The maximum Gasteiger partial charge on any atom is 0.262 e. The maximum absolute atomic E-state index is 12.8. The topological polar surface area (TPSA) is 70.7 Å². The molecule has 2 atom stereocenters. The molecule has 3 heterocycles. The van der Waals surface area contributed by atoms with E-state index in [0.717, 1.165) is 12.8 Å². The van der Waals surface area contributed by atoms with Gasteiger partial charge in [-0.25, -0.2) is 0 Å². The molecule has 3 aliphatic rings. The molecule has 7 heteroatoms. The molecule has 2 fully saturated rings. The molecule has 6 nitrogen and oxygen atoms in total. The first-order valence-corrected chi connectivity index (χ1v) is 8.20. The zero-order chi connectivity index (χ0) is 16.0. The van der Waals surface area contributed by atoms with Crippen molar-refractivity contribution in [1.82, 2.24) is 10.2 Å². The second-order valence-electron chi connectivity index (χ2n) is 6.73. The standard InChI is InChI=1S/C17H21N3O3.ClH/c1-20(13-7-11-3-4-12(8-13)18-11)17(22)10-2-5-15-14(6-10)19-16(21)9-23-15;/h2,5-6,11-13,18H,3-4,7-9H2,1H3,(H,19,21);1H. The minimum Gasteiger partial charge on any atom is -0.482 e. The van der Waals surface area contributed by atoms with Crippen LogP contribution in [-0.4, -0.2) is 48.5 Å². The number of anilines is 1. The van der Waals surface area contributed by atoms with Gasteiger partial charge >= 0.3 is 0 Å². The Kier molecular flexibility index (Phi) is 4.69. The van der Waals surface area contributed by atoms with Crippen LogP contribution in [0, 0.1) is 0 Å². The highest BCUT2D eigenvalue weighted by Gasteiger charge is 2.36. The summed E-state index contributed by atoms with van der Waals surface area (Å²) in [6.45, 7) is 0.0258. The highest BCUT2D eigenvalue weighted by molar-refractivity contribution is 5.99. The molecule has 130 valence electrons. The van der Waals surface area contributed by atoms with Gasteiger partial charge < -0.3 is 20.3 Å². The average Bonchev–Trinajstić information content (AvgIpc) is 2.90. The molecule has 1 aromatic carbocycles. The Morgan fingerprint density at radius 1 is 1.25 bits per heavy atom. The van der Waals surface area contributed by atoms with Crippen molar-refractivity contribution in [3.8, 4) is 5.75 Å². The largest absolute Gasteiger partial charge is 0.482 e. The van der Waals surface area contributed by atoms with Crippen molar-refractivity contribution in [2.24, 2.45) is 0 Å². The molecule has 0 spiro atoms. The third-order valence-electron chi connectivity index (χ3n) is 5.18. The van der Waals surface area contributed by atoms with Crippen LogP contribution in [0.1, 0.15) is 36.0 Å².